The molecule has 1 aliphatic heterocycles. The van der Waals surface area contributed by atoms with Crippen LogP contribution in [-0.4, -0.2) is 53.4 Å². The number of nitrogens with one attached hydrogen (secondary N) is 1. The second-order valence-electron chi connectivity index (χ2n) is 6.84. The summed E-state index contributed by atoms with van der Waals surface area (Å²) in [7, 11) is 0. The van der Waals surface area contributed by atoms with Crippen molar-refractivity contribution in [1.29, 1.82) is 0 Å². The molecular weight excluding hydrogens is 370 g/mol. The van der Waals surface area contributed by atoms with Crippen molar-refractivity contribution in [2.75, 3.05) is 31.6 Å². The molecule has 7 heteroatoms. The van der Waals surface area contributed by atoms with Gasteiger partial charge in [-0.05, 0) is 18.2 Å². The van der Waals surface area contributed by atoms with E-state index < -0.39 is 11.7 Å². The second-order valence-corrected chi connectivity index (χ2v) is 6.84. The summed E-state index contributed by atoms with van der Waals surface area (Å²) in [5, 5.41) is 3.49. The number of rotatable bonds is 5. The van der Waals surface area contributed by atoms with Gasteiger partial charge in [0.2, 0.25) is 5.91 Å². The maximum absolute atomic E-state index is 12.9. The number of fused-ring (bicyclic) bond motifs is 1. The number of nitrogens with zero attached hydrogens (tertiary/aromatic N) is 2. The molecule has 2 heterocycles. The quantitative estimate of drug-likeness (QED) is 0.535. The molecule has 29 heavy (non-hydrogen) atoms. The van der Waals surface area contributed by atoms with E-state index >= 15 is 0 Å². The van der Waals surface area contributed by atoms with Crippen LogP contribution < -0.4 is 5.32 Å². The van der Waals surface area contributed by atoms with Gasteiger partial charge in [-0.3, -0.25) is 14.4 Å². The number of benzene rings is 2. The lowest BCUT2D eigenvalue weighted by atomic mass is 10.1. The highest BCUT2D eigenvalue weighted by molar-refractivity contribution is 6.44. The van der Waals surface area contributed by atoms with Crippen LogP contribution in [0.15, 0.2) is 60.8 Å². The zero-order valence-electron chi connectivity index (χ0n) is 15.8. The van der Waals surface area contributed by atoms with Gasteiger partial charge in [0.05, 0.1) is 18.8 Å². The van der Waals surface area contributed by atoms with E-state index in [2.05, 4.69) is 5.32 Å². The summed E-state index contributed by atoms with van der Waals surface area (Å²) in [4.78, 5) is 39.5. The van der Waals surface area contributed by atoms with Crippen LogP contribution in [0.4, 0.5) is 5.69 Å². The van der Waals surface area contributed by atoms with Crippen LogP contribution in [0.25, 0.3) is 10.9 Å². The van der Waals surface area contributed by atoms with E-state index in [9.17, 15) is 14.4 Å². The molecule has 1 N–H and O–H groups in total. The zero-order valence-corrected chi connectivity index (χ0v) is 15.8. The first-order valence-corrected chi connectivity index (χ1v) is 9.47. The number of hydrogen-bond donors (Lipinski definition) is 1. The van der Waals surface area contributed by atoms with Gasteiger partial charge in [-0.15, -0.1) is 0 Å². The molecule has 2 aromatic carbocycles. The Labute approximate surface area is 167 Å². The van der Waals surface area contributed by atoms with Gasteiger partial charge in [0.25, 0.3) is 11.7 Å². The van der Waals surface area contributed by atoms with Crippen molar-refractivity contribution in [3.8, 4) is 0 Å². The molecule has 4 rings (SSSR count). The Kier molecular flexibility index (Phi) is 5.39. The van der Waals surface area contributed by atoms with Gasteiger partial charge in [0, 0.05) is 35.9 Å². The molecule has 1 fully saturated rings. The molecule has 0 atom stereocenters. The van der Waals surface area contributed by atoms with Crippen molar-refractivity contribution in [3.05, 3.63) is 66.4 Å². The molecule has 0 bridgehead atoms. The average molecular weight is 391 g/mol. The molecular formula is C22H21N3O4. The minimum Gasteiger partial charge on any atom is -0.378 e. The van der Waals surface area contributed by atoms with Crippen molar-refractivity contribution >= 4 is 34.2 Å². The summed E-state index contributed by atoms with van der Waals surface area (Å²) in [6.07, 6.45) is 1.59. The minimum absolute atomic E-state index is 0.0361. The van der Waals surface area contributed by atoms with Gasteiger partial charge in [0.1, 0.15) is 6.54 Å². The highest BCUT2D eigenvalue weighted by Gasteiger charge is 2.27. The number of carbonyl (C=O) groups is 3. The number of Topliss-reactive ketones (excluding diaryl/α,β-unsaturated/α-hetero) is 1. The highest BCUT2D eigenvalue weighted by atomic mass is 16.5. The Balaban J connectivity index is 1.58. The van der Waals surface area contributed by atoms with Crippen LogP contribution in [0, 0.1) is 0 Å². The summed E-state index contributed by atoms with van der Waals surface area (Å²) >= 11 is 0. The summed E-state index contributed by atoms with van der Waals surface area (Å²) in [6.45, 7) is 1.71. The Morgan fingerprint density at radius 1 is 0.931 bits per heavy atom. The lowest BCUT2D eigenvalue weighted by molar-refractivity contribution is -0.130. The van der Waals surface area contributed by atoms with Gasteiger partial charge in [-0.2, -0.15) is 0 Å². The smallest absolute Gasteiger partial charge is 0.295 e. The largest absolute Gasteiger partial charge is 0.378 e. The molecule has 0 unspecified atom stereocenters. The number of hydrogen-bond acceptors (Lipinski definition) is 4. The topological polar surface area (TPSA) is 80.6 Å². The fraction of sp³-hybridized carbons (Fsp3) is 0.227. The van der Waals surface area contributed by atoms with E-state index in [1.165, 1.54) is 4.90 Å². The SMILES string of the molecule is O=C(Cn1cc(C(=O)C(=O)N2CCOCC2)c2ccccc21)Nc1ccccc1. The first-order valence-electron chi connectivity index (χ1n) is 9.47. The van der Waals surface area contributed by atoms with Crippen molar-refractivity contribution in [1.82, 2.24) is 9.47 Å². The standard InChI is InChI=1S/C22H21N3O4/c26-20(23-16-6-2-1-3-7-16)15-25-14-18(17-8-4-5-9-19(17)25)21(27)22(28)24-10-12-29-13-11-24/h1-9,14H,10-13,15H2,(H,23,26). The summed E-state index contributed by atoms with van der Waals surface area (Å²) < 4.78 is 6.95. The van der Waals surface area contributed by atoms with Crippen molar-refractivity contribution in [3.63, 3.8) is 0 Å². The Morgan fingerprint density at radius 3 is 2.38 bits per heavy atom. The number of para-hydroxylation sites is 2. The highest BCUT2D eigenvalue weighted by Crippen LogP contribution is 2.23. The van der Waals surface area contributed by atoms with E-state index in [1.54, 1.807) is 16.8 Å². The lowest BCUT2D eigenvalue weighted by Gasteiger charge is -2.25. The molecule has 0 saturated carbocycles. The molecule has 148 valence electrons. The molecule has 2 amide bonds. The summed E-state index contributed by atoms with van der Waals surface area (Å²) in [6, 6.07) is 16.5. The predicted octanol–water partition coefficient (Wildman–Crippen LogP) is 2.32. The van der Waals surface area contributed by atoms with Crippen LogP contribution in [0.2, 0.25) is 0 Å². The van der Waals surface area contributed by atoms with E-state index in [1.807, 2.05) is 48.5 Å². The second kappa shape index (κ2) is 8.28. The van der Waals surface area contributed by atoms with Crippen LogP contribution in [-0.2, 0) is 20.9 Å². The number of anilines is 1. The minimum atomic E-state index is -0.565. The van der Waals surface area contributed by atoms with Crippen LogP contribution in [0.3, 0.4) is 0 Å². The third-order valence-electron chi connectivity index (χ3n) is 4.90. The third kappa shape index (κ3) is 4.05. The number of ether oxygens (including phenoxy) is 1. The Bertz CT molecular complexity index is 1050. The fourth-order valence-corrected chi connectivity index (χ4v) is 3.46. The first-order chi connectivity index (χ1) is 14.1. The summed E-state index contributed by atoms with van der Waals surface area (Å²) in [5.41, 5.74) is 1.74. The van der Waals surface area contributed by atoms with Gasteiger partial charge in [-0.1, -0.05) is 36.4 Å². The van der Waals surface area contributed by atoms with Gasteiger partial charge in [0.15, 0.2) is 0 Å². The van der Waals surface area contributed by atoms with Crippen molar-refractivity contribution in [2.24, 2.45) is 0 Å². The van der Waals surface area contributed by atoms with Gasteiger partial charge >= 0.3 is 0 Å². The number of amides is 2. The molecule has 1 saturated heterocycles. The van der Waals surface area contributed by atoms with E-state index in [4.69, 9.17) is 4.74 Å². The van der Waals surface area contributed by atoms with Crippen LogP contribution in [0.5, 0.6) is 0 Å². The molecule has 0 spiro atoms. The summed E-state index contributed by atoms with van der Waals surface area (Å²) in [5.74, 6) is -1.31. The maximum atomic E-state index is 12.9. The van der Waals surface area contributed by atoms with Crippen LogP contribution >= 0.6 is 0 Å². The van der Waals surface area contributed by atoms with E-state index in [-0.39, 0.29) is 12.5 Å². The number of aromatic nitrogens is 1. The van der Waals surface area contributed by atoms with Crippen molar-refractivity contribution in [2.45, 2.75) is 6.54 Å². The predicted molar refractivity (Wildman–Crippen MR) is 109 cm³/mol. The van der Waals surface area contributed by atoms with Crippen molar-refractivity contribution < 1.29 is 19.1 Å². The fourth-order valence-electron chi connectivity index (χ4n) is 3.46. The van der Waals surface area contributed by atoms with E-state index in [0.29, 0.717) is 42.9 Å². The molecule has 3 aromatic rings. The lowest BCUT2D eigenvalue weighted by Crippen LogP contribution is -2.44. The zero-order chi connectivity index (χ0) is 20.2. The number of morpholine rings is 1. The first kappa shape index (κ1) is 18.9. The third-order valence-corrected chi connectivity index (χ3v) is 4.90. The number of ketones is 1. The normalized spacial score (nSPS) is 14.0. The average Bonchev–Trinajstić information content (AvgIpc) is 3.12. The number of carbonyl (C=O) groups excluding carboxylic acids is 3. The molecule has 0 aliphatic carbocycles. The van der Waals surface area contributed by atoms with Gasteiger partial charge < -0.3 is 19.5 Å². The molecule has 1 aliphatic rings. The monoisotopic (exact) mass is 391 g/mol. The Hall–Kier alpha value is -3.45. The van der Waals surface area contributed by atoms with E-state index in [0.717, 1.165) is 5.52 Å². The Morgan fingerprint density at radius 2 is 1.62 bits per heavy atom. The molecule has 1 aromatic heterocycles. The maximum Gasteiger partial charge on any atom is 0.295 e. The molecule has 7 nitrogen and oxygen atoms in total. The molecule has 0 radical (unpaired) electrons. The van der Waals surface area contributed by atoms with Crippen LogP contribution in [0.1, 0.15) is 10.4 Å². The van der Waals surface area contributed by atoms with Gasteiger partial charge in [-0.25, -0.2) is 0 Å².